The predicted octanol–water partition coefficient (Wildman–Crippen LogP) is 3.86. The number of rotatable bonds is 8. The van der Waals surface area contributed by atoms with E-state index in [4.69, 9.17) is 16.3 Å². The van der Waals surface area contributed by atoms with Crippen molar-refractivity contribution in [2.75, 3.05) is 13.2 Å². The summed E-state index contributed by atoms with van der Waals surface area (Å²) in [6, 6.07) is 16.9. The number of amides is 1. The van der Waals surface area contributed by atoms with Crippen LogP contribution in [0.4, 0.5) is 0 Å². The highest BCUT2D eigenvalue weighted by Gasteiger charge is 2.16. The van der Waals surface area contributed by atoms with Crippen molar-refractivity contribution in [3.8, 4) is 0 Å². The van der Waals surface area contributed by atoms with E-state index in [9.17, 15) is 9.59 Å². The monoisotopic (exact) mass is 359 g/mol. The van der Waals surface area contributed by atoms with E-state index in [1.807, 2.05) is 42.5 Å². The maximum Gasteiger partial charge on any atom is 0.307 e. The lowest BCUT2D eigenvalue weighted by Crippen LogP contribution is -2.34. The second kappa shape index (κ2) is 9.84. The Labute approximate surface area is 153 Å². The summed E-state index contributed by atoms with van der Waals surface area (Å²) >= 11 is 5.91. The maximum absolute atomic E-state index is 12.7. The van der Waals surface area contributed by atoms with Crippen molar-refractivity contribution in [2.45, 2.75) is 26.3 Å². The van der Waals surface area contributed by atoms with Crippen molar-refractivity contribution in [3.05, 3.63) is 70.7 Å². The van der Waals surface area contributed by atoms with Gasteiger partial charge < -0.3 is 9.64 Å². The molecule has 25 heavy (non-hydrogen) atoms. The number of carbonyl (C=O) groups excluding carboxylic acids is 2. The molecule has 0 fully saturated rings. The van der Waals surface area contributed by atoms with Crippen LogP contribution in [0.25, 0.3) is 0 Å². The van der Waals surface area contributed by atoms with Crippen LogP contribution in [0.5, 0.6) is 0 Å². The highest BCUT2D eigenvalue weighted by Crippen LogP contribution is 2.13. The average Bonchev–Trinajstić information content (AvgIpc) is 2.61. The first kappa shape index (κ1) is 19.0. The van der Waals surface area contributed by atoms with Crippen molar-refractivity contribution < 1.29 is 14.3 Å². The van der Waals surface area contributed by atoms with Gasteiger partial charge in [-0.25, -0.2) is 0 Å². The highest BCUT2D eigenvalue weighted by molar-refractivity contribution is 6.30. The van der Waals surface area contributed by atoms with E-state index in [0.717, 1.165) is 11.1 Å². The summed E-state index contributed by atoms with van der Waals surface area (Å²) in [7, 11) is 0. The number of carbonyl (C=O) groups is 2. The van der Waals surface area contributed by atoms with Crippen LogP contribution in [0, 0.1) is 0 Å². The lowest BCUT2D eigenvalue weighted by molar-refractivity contribution is -0.144. The minimum absolute atomic E-state index is 0.0227. The van der Waals surface area contributed by atoms with E-state index < -0.39 is 0 Å². The smallest absolute Gasteiger partial charge is 0.307 e. The summed E-state index contributed by atoms with van der Waals surface area (Å²) in [5, 5.41) is 0.650. The Morgan fingerprint density at radius 2 is 1.68 bits per heavy atom. The van der Waals surface area contributed by atoms with Crippen LogP contribution in [-0.4, -0.2) is 29.9 Å². The van der Waals surface area contributed by atoms with Crippen LogP contribution in [0.2, 0.25) is 5.02 Å². The number of hydrogen-bond acceptors (Lipinski definition) is 3. The standard InChI is InChI=1S/C20H22ClNO3/c1-2-25-20(24)12-13-22(15-17-8-10-18(21)11-9-17)19(23)14-16-6-4-3-5-7-16/h3-11H,2,12-15H2,1H3. The number of nitrogens with zero attached hydrogens (tertiary/aromatic N) is 1. The fourth-order valence-electron chi connectivity index (χ4n) is 2.44. The SMILES string of the molecule is CCOC(=O)CCN(Cc1ccc(Cl)cc1)C(=O)Cc1ccccc1. The lowest BCUT2D eigenvalue weighted by Gasteiger charge is -2.23. The van der Waals surface area contributed by atoms with Crippen molar-refractivity contribution in [1.29, 1.82) is 0 Å². The third-order valence-electron chi connectivity index (χ3n) is 3.73. The van der Waals surface area contributed by atoms with Gasteiger partial charge in [0.05, 0.1) is 19.4 Å². The Hall–Kier alpha value is -2.33. The van der Waals surface area contributed by atoms with Crippen LogP contribution in [0.1, 0.15) is 24.5 Å². The summed E-state index contributed by atoms with van der Waals surface area (Å²) in [6.45, 7) is 2.87. The third kappa shape index (κ3) is 6.59. The van der Waals surface area contributed by atoms with Gasteiger partial charge in [-0.3, -0.25) is 9.59 Å². The van der Waals surface area contributed by atoms with Crippen molar-refractivity contribution in [2.24, 2.45) is 0 Å². The van der Waals surface area contributed by atoms with E-state index in [-0.39, 0.29) is 18.3 Å². The Kier molecular flexibility index (Phi) is 7.48. The molecule has 4 nitrogen and oxygen atoms in total. The van der Waals surface area contributed by atoms with Crippen molar-refractivity contribution in [3.63, 3.8) is 0 Å². The van der Waals surface area contributed by atoms with Gasteiger partial charge >= 0.3 is 5.97 Å². The number of benzene rings is 2. The Morgan fingerprint density at radius 3 is 2.32 bits per heavy atom. The first-order valence-electron chi connectivity index (χ1n) is 8.30. The number of hydrogen-bond donors (Lipinski definition) is 0. The molecular formula is C20H22ClNO3. The topological polar surface area (TPSA) is 46.6 Å². The van der Waals surface area contributed by atoms with E-state index in [0.29, 0.717) is 31.1 Å². The molecule has 2 aromatic carbocycles. The molecule has 0 aliphatic carbocycles. The van der Waals surface area contributed by atoms with Gasteiger partial charge in [-0.2, -0.15) is 0 Å². The molecule has 1 amide bonds. The fraction of sp³-hybridized carbons (Fsp3) is 0.300. The van der Waals surface area contributed by atoms with Gasteiger partial charge in [-0.05, 0) is 30.2 Å². The molecule has 0 saturated heterocycles. The molecular weight excluding hydrogens is 338 g/mol. The zero-order valence-electron chi connectivity index (χ0n) is 14.3. The third-order valence-corrected chi connectivity index (χ3v) is 3.98. The summed E-state index contributed by atoms with van der Waals surface area (Å²) in [5.74, 6) is -0.318. The minimum atomic E-state index is -0.295. The van der Waals surface area contributed by atoms with Gasteiger partial charge in [0.1, 0.15) is 0 Å². The van der Waals surface area contributed by atoms with Crippen LogP contribution in [-0.2, 0) is 27.3 Å². The highest BCUT2D eigenvalue weighted by atomic mass is 35.5. The van der Waals surface area contributed by atoms with Gasteiger partial charge in [-0.15, -0.1) is 0 Å². The minimum Gasteiger partial charge on any atom is -0.466 e. The van der Waals surface area contributed by atoms with Gasteiger partial charge in [0.15, 0.2) is 0 Å². The van der Waals surface area contributed by atoms with E-state index >= 15 is 0 Å². The number of esters is 1. The molecule has 0 radical (unpaired) electrons. The van der Waals surface area contributed by atoms with Crippen LogP contribution >= 0.6 is 11.6 Å². The van der Waals surface area contributed by atoms with Crippen LogP contribution in [0.15, 0.2) is 54.6 Å². The molecule has 0 unspecified atom stereocenters. The predicted molar refractivity (Wildman–Crippen MR) is 98.3 cm³/mol. The first-order chi connectivity index (χ1) is 12.1. The van der Waals surface area contributed by atoms with Crippen molar-refractivity contribution in [1.82, 2.24) is 4.90 Å². The second-order valence-corrected chi connectivity index (χ2v) is 6.10. The van der Waals surface area contributed by atoms with Gasteiger partial charge in [-0.1, -0.05) is 54.1 Å². The second-order valence-electron chi connectivity index (χ2n) is 5.66. The molecule has 132 valence electrons. The zero-order valence-corrected chi connectivity index (χ0v) is 15.0. The molecule has 0 aliphatic heterocycles. The van der Waals surface area contributed by atoms with E-state index in [1.54, 1.807) is 24.0 Å². The summed E-state index contributed by atoms with van der Waals surface area (Å²) < 4.78 is 4.96. The normalized spacial score (nSPS) is 10.3. The molecule has 0 aromatic heterocycles. The zero-order chi connectivity index (χ0) is 18.1. The quantitative estimate of drug-likeness (QED) is 0.672. The molecule has 0 aliphatic rings. The van der Waals surface area contributed by atoms with Gasteiger partial charge in [0.25, 0.3) is 0 Å². The summed E-state index contributed by atoms with van der Waals surface area (Å²) in [5.41, 5.74) is 1.92. The molecule has 0 bridgehead atoms. The summed E-state index contributed by atoms with van der Waals surface area (Å²) in [6.07, 6.45) is 0.485. The molecule has 2 rings (SSSR count). The molecule has 5 heteroatoms. The molecule has 2 aromatic rings. The van der Waals surface area contributed by atoms with Crippen LogP contribution in [0.3, 0.4) is 0 Å². The number of halogens is 1. The molecule has 0 N–H and O–H groups in total. The Morgan fingerprint density at radius 1 is 1.00 bits per heavy atom. The largest absolute Gasteiger partial charge is 0.466 e. The first-order valence-corrected chi connectivity index (χ1v) is 8.68. The molecule has 0 heterocycles. The van der Waals surface area contributed by atoms with Crippen molar-refractivity contribution >= 4 is 23.5 Å². The molecule has 0 spiro atoms. The number of ether oxygens (including phenoxy) is 1. The van der Waals surface area contributed by atoms with Gasteiger partial charge in [0, 0.05) is 18.1 Å². The lowest BCUT2D eigenvalue weighted by atomic mass is 10.1. The fourth-order valence-corrected chi connectivity index (χ4v) is 2.57. The summed E-state index contributed by atoms with van der Waals surface area (Å²) in [4.78, 5) is 26.0. The molecule has 0 atom stereocenters. The molecule has 0 saturated carbocycles. The van der Waals surface area contributed by atoms with Crippen LogP contribution < -0.4 is 0 Å². The average molecular weight is 360 g/mol. The van der Waals surface area contributed by atoms with Gasteiger partial charge in [0.2, 0.25) is 5.91 Å². The van der Waals surface area contributed by atoms with E-state index in [2.05, 4.69) is 0 Å². The maximum atomic E-state index is 12.7. The Bertz CT molecular complexity index is 686. The van der Waals surface area contributed by atoms with E-state index in [1.165, 1.54) is 0 Å². The Balaban J connectivity index is 2.05.